The van der Waals surface area contributed by atoms with E-state index in [0.29, 0.717) is 31.1 Å². The quantitative estimate of drug-likeness (QED) is 0.275. The van der Waals surface area contributed by atoms with Crippen molar-refractivity contribution in [1.29, 1.82) is 0 Å². The monoisotopic (exact) mass is 545 g/mol. The molecule has 1 fully saturated rings. The largest absolute Gasteiger partial charge is 0.386 e. The number of aromatic nitrogens is 5. The maximum Gasteiger partial charge on any atom is 0.131 e. The third-order valence-electron chi connectivity index (χ3n) is 8.15. The maximum atomic E-state index is 15.6. The Bertz CT molecular complexity index is 1690. The number of aryl methyl sites for hydroxylation is 2. The number of aliphatic hydroxyl groups is 1. The van der Waals surface area contributed by atoms with E-state index in [9.17, 15) is 9.50 Å². The molecule has 0 bridgehead atoms. The molecule has 7 nitrogen and oxygen atoms in total. The third-order valence-corrected chi connectivity index (χ3v) is 8.15. The second-order valence-corrected chi connectivity index (χ2v) is 11.4. The normalized spacial score (nSPS) is 15.8. The van der Waals surface area contributed by atoms with Gasteiger partial charge in [0.2, 0.25) is 0 Å². The molecule has 0 amide bonds. The molecule has 1 saturated heterocycles. The molecule has 1 N–H and O–H groups in total. The summed E-state index contributed by atoms with van der Waals surface area (Å²) in [6, 6.07) is 11.3. The zero-order valence-electron chi connectivity index (χ0n) is 23.2. The zero-order valence-corrected chi connectivity index (χ0v) is 23.2. The highest BCUT2D eigenvalue weighted by Gasteiger charge is 2.29. The van der Waals surface area contributed by atoms with Crippen LogP contribution in [0.5, 0.6) is 0 Å². The Morgan fingerprint density at radius 3 is 2.52 bits per heavy atom. The van der Waals surface area contributed by atoms with Crippen LogP contribution in [0.2, 0.25) is 0 Å². The minimum atomic E-state index is -1.08. The fourth-order valence-corrected chi connectivity index (χ4v) is 6.05. The Labute approximate surface area is 231 Å². The van der Waals surface area contributed by atoms with E-state index in [4.69, 9.17) is 9.72 Å². The van der Waals surface area contributed by atoms with Gasteiger partial charge >= 0.3 is 0 Å². The van der Waals surface area contributed by atoms with Crippen LogP contribution >= 0.6 is 0 Å². The summed E-state index contributed by atoms with van der Waals surface area (Å²) in [5, 5.41) is 20.1. The Kier molecular flexibility index (Phi) is 6.67. The van der Waals surface area contributed by atoms with E-state index >= 15 is 4.39 Å². The van der Waals surface area contributed by atoms with Crippen LogP contribution < -0.4 is 0 Å². The molecule has 9 heteroatoms. The van der Waals surface area contributed by atoms with E-state index in [1.807, 2.05) is 38.4 Å². The van der Waals surface area contributed by atoms with Gasteiger partial charge in [0.15, 0.2) is 0 Å². The molecule has 0 radical (unpaired) electrons. The van der Waals surface area contributed by atoms with Crippen LogP contribution in [-0.2, 0) is 17.4 Å². The molecule has 1 aliphatic rings. The van der Waals surface area contributed by atoms with Crippen molar-refractivity contribution < 1.29 is 18.6 Å². The molecule has 3 aromatic heterocycles. The Morgan fingerprint density at radius 1 is 1.07 bits per heavy atom. The molecule has 2 aromatic carbocycles. The van der Waals surface area contributed by atoms with Crippen LogP contribution in [0.25, 0.3) is 33.2 Å². The van der Waals surface area contributed by atoms with Crippen molar-refractivity contribution in [2.45, 2.75) is 51.7 Å². The van der Waals surface area contributed by atoms with Crippen LogP contribution in [-0.4, -0.2) is 42.9 Å². The molecular formula is C31H33F2N5O2. The van der Waals surface area contributed by atoms with Crippen molar-refractivity contribution in [3.05, 3.63) is 77.1 Å². The van der Waals surface area contributed by atoms with Gasteiger partial charge in [-0.05, 0) is 69.7 Å². The van der Waals surface area contributed by atoms with Crippen molar-refractivity contribution in [2.24, 2.45) is 13.0 Å². The summed E-state index contributed by atoms with van der Waals surface area (Å²) in [7, 11) is 1.84. The molecule has 1 unspecified atom stereocenters. The van der Waals surface area contributed by atoms with Crippen molar-refractivity contribution in [3.8, 4) is 11.3 Å². The molecule has 0 spiro atoms. The average Bonchev–Trinajstić information content (AvgIpc) is 3.42. The van der Waals surface area contributed by atoms with E-state index in [2.05, 4.69) is 20.9 Å². The average molecular weight is 546 g/mol. The Hall–Kier alpha value is -3.69. The fraction of sp³-hybridized carbons (Fsp3) is 0.387. The Balaban J connectivity index is 1.67. The van der Waals surface area contributed by atoms with Crippen molar-refractivity contribution >= 4 is 21.9 Å². The topological polar surface area (TPSA) is 78.0 Å². The lowest BCUT2D eigenvalue weighted by Gasteiger charge is -2.29. The SMILES string of the molecule is Cc1nnn(C)c1-c1cnc2c3ccc(C(C)(C)O)cc3n(C(CC3CCOCC3)c3ccc(F)cc3F)c2c1. The third kappa shape index (κ3) is 4.67. The lowest BCUT2D eigenvalue weighted by molar-refractivity contribution is 0.0608. The molecule has 1 atom stereocenters. The number of pyridine rings is 1. The van der Waals surface area contributed by atoms with E-state index in [-0.39, 0.29) is 0 Å². The molecule has 1 aliphatic heterocycles. The van der Waals surface area contributed by atoms with Gasteiger partial charge in [0.25, 0.3) is 0 Å². The summed E-state index contributed by atoms with van der Waals surface area (Å²) < 4.78 is 39.1. The van der Waals surface area contributed by atoms with Crippen LogP contribution in [0.1, 0.15) is 56.0 Å². The highest BCUT2D eigenvalue weighted by Crippen LogP contribution is 2.41. The van der Waals surface area contributed by atoms with Crippen molar-refractivity contribution in [3.63, 3.8) is 0 Å². The molecule has 40 heavy (non-hydrogen) atoms. The first-order valence-corrected chi connectivity index (χ1v) is 13.7. The first-order chi connectivity index (χ1) is 19.1. The summed E-state index contributed by atoms with van der Waals surface area (Å²) in [6.07, 6.45) is 4.20. The predicted octanol–water partition coefficient (Wildman–Crippen LogP) is 6.21. The minimum absolute atomic E-state index is 0.299. The molecule has 5 aromatic rings. The summed E-state index contributed by atoms with van der Waals surface area (Å²) in [5.41, 5.74) is 4.97. The predicted molar refractivity (Wildman–Crippen MR) is 150 cm³/mol. The van der Waals surface area contributed by atoms with Crippen molar-refractivity contribution in [1.82, 2.24) is 24.5 Å². The van der Waals surface area contributed by atoms with Gasteiger partial charge in [-0.15, -0.1) is 5.10 Å². The van der Waals surface area contributed by atoms with Gasteiger partial charge in [0.05, 0.1) is 39.6 Å². The first kappa shape index (κ1) is 26.5. The van der Waals surface area contributed by atoms with Crippen LogP contribution in [0.15, 0.2) is 48.7 Å². The van der Waals surface area contributed by atoms with E-state index < -0.39 is 23.3 Å². The minimum Gasteiger partial charge on any atom is -0.386 e. The van der Waals surface area contributed by atoms with Gasteiger partial charge in [0.1, 0.15) is 11.6 Å². The molecule has 4 heterocycles. The van der Waals surface area contributed by atoms with Crippen LogP contribution in [0, 0.1) is 24.5 Å². The molecular weight excluding hydrogens is 512 g/mol. The van der Waals surface area contributed by atoms with Gasteiger partial charge in [-0.1, -0.05) is 23.4 Å². The number of rotatable bonds is 6. The Morgan fingerprint density at radius 2 is 1.85 bits per heavy atom. The molecule has 0 aliphatic carbocycles. The van der Waals surface area contributed by atoms with Gasteiger partial charge in [-0.2, -0.15) is 0 Å². The van der Waals surface area contributed by atoms with Gasteiger partial charge < -0.3 is 14.4 Å². The summed E-state index contributed by atoms with van der Waals surface area (Å²) in [6.45, 7) is 6.72. The second kappa shape index (κ2) is 10.1. The van der Waals surface area contributed by atoms with Crippen LogP contribution in [0.3, 0.4) is 0 Å². The van der Waals surface area contributed by atoms with E-state index in [1.165, 1.54) is 6.07 Å². The molecule has 0 saturated carbocycles. The van der Waals surface area contributed by atoms with Crippen molar-refractivity contribution in [2.75, 3.05) is 13.2 Å². The lowest BCUT2D eigenvalue weighted by atomic mass is 9.88. The van der Waals surface area contributed by atoms with Gasteiger partial charge in [0, 0.05) is 49.0 Å². The number of fused-ring (bicyclic) bond motifs is 3. The first-order valence-electron chi connectivity index (χ1n) is 13.7. The van der Waals surface area contributed by atoms with Gasteiger partial charge in [-0.25, -0.2) is 13.5 Å². The summed E-state index contributed by atoms with van der Waals surface area (Å²) in [5.74, 6) is -0.893. The summed E-state index contributed by atoms with van der Waals surface area (Å²) >= 11 is 0. The standard InChI is InChI=1S/C31H33F2N5O2/c1-18-30(37(4)36-35-18)20-14-28-29(34-17-20)24-7-5-21(31(2,3)39)15-27(24)38(28)26(13-19-9-11-40-12-10-19)23-8-6-22(32)16-25(23)33/h5-8,14-17,19,26,39H,9-13H2,1-4H3. The second-order valence-electron chi connectivity index (χ2n) is 11.4. The highest BCUT2D eigenvalue weighted by atomic mass is 19.1. The van der Waals surface area contributed by atoms with Crippen LogP contribution in [0.4, 0.5) is 8.78 Å². The van der Waals surface area contributed by atoms with E-state index in [1.54, 1.807) is 24.6 Å². The smallest absolute Gasteiger partial charge is 0.131 e. The number of ether oxygens (including phenoxy) is 1. The molecule has 6 rings (SSSR count). The fourth-order valence-electron chi connectivity index (χ4n) is 6.05. The number of hydrogen-bond acceptors (Lipinski definition) is 5. The lowest BCUT2D eigenvalue weighted by Crippen LogP contribution is -2.22. The summed E-state index contributed by atoms with van der Waals surface area (Å²) in [4.78, 5) is 4.89. The zero-order chi connectivity index (χ0) is 28.2. The number of nitrogens with zero attached hydrogens (tertiary/aromatic N) is 5. The maximum absolute atomic E-state index is 15.6. The molecule has 208 valence electrons. The number of hydrogen-bond donors (Lipinski definition) is 1. The van der Waals surface area contributed by atoms with Gasteiger partial charge in [-0.3, -0.25) is 4.98 Å². The van der Waals surface area contributed by atoms with E-state index in [0.717, 1.165) is 63.4 Å². The number of benzene rings is 2. The highest BCUT2D eigenvalue weighted by molar-refractivity contribution is 6.07. The number of halogens is 2.